The lowest BCUT2D eigenvalue weighted by Gasteiger charge is -2.15. The molecular formula is C22H24ClN3O3. The number of halogens is 1. The molecule has 1 atom stereocenters. The van der Waals surface area contributed by atoms with Crippen molar-refractivity contribution in [3.8, 4) is 5.75 Å². The molecule has 0 radical (unpaired) electrons. The summed E-state index contributed by atoms with van der Waals surface area (Å²) in [4.78, 5) is 24.2. The van der Waals surface area contributed by atoms with Crippen molar-refractivity contribution in [3.05, 3.63) is 58.6 Å². The Balaban J connectivity index is 1.59. The standard InChI is InChI=1S/C22H24ClN3O3/c1-13-11-18(23)9-10-20(13)29-15(3)21(27)26-25-14(2)17-5-4-6-19(12-17)24-22(28)16-7-8-16/h4-6,9-12,15-16H,7-8H2,1-3H3,(H,24,28)(H,26,27)/b25-14+/t15-/m1/s1. The largest absolute Gasteiger partial charge is 0.481 e. The van der Waals surface area contributed by atoms with E-state index >= 15 is 0 Å². The van der Waals surface area contributed by atoms with Crippen LogP contribution in [0.2, 0.25) is 5.02 Å². The van der Waals surface area contributed by atoms with Crippen molar-refractivity contribution in [2.75, 3.05) is 5.32 Å². The van der Waals surface area contributed by atoms with Crippen molar-refractivity contribution in [2.45, 2.75) is 39.7 Å². The number of aryl methyl sites for hydroxylation is 1. The van der Waals surface area contributed by atoms with Crippen LogP contribution in [-0.2, 0) is 9.59 Å². The summed E-state index contributed by atoms with van der Waals surface area (Å²) >= 11 is 5.94. The molecule has 2 amide bonds. The average molecular weight is 414 g/mol. The third kappa shape index (κ3) is 5.81. The van der Waals surface area contributed by atoms with Gasteiger partial charge in [-0.2, -0.15) is 5.10 Å². The predicted molar refractivity (Wildman–Crippen MR) is 114 cm³/mol. The lowest BCUT2D eigenvalue weighted by atomic mass is 10.1. The van der Waals surface area contributed by atoms with Crippen molar-refractivity contribution in [1.29, 1.82) is 0 Å². The second-order valence-electron chi connectivity index (χ2n) is 7.19. The van der Waals surface area contributed by atoms with Gasteiger partial charge in [0, 0.05) is 16.6 Å². The first-order valence-corrected chi connectivity index (χ1v) is 9.89. The van der Waals surface area contributed by atoms with Crippen molar-refractivity contribution in [3.63, 3.8) is 0 Å². The number of rotatable bonds is 7. The number of carbonyl (C=O) groups excluding carboxylic acids is 2. The number of carbonyl (C=O) groups is 2. The van der Waals surface area contributed by atoms with E-state index in [2.05, 4.69) is 15.8 Å². The molecule has 152 valence electrons. The molecule has 0 bridgehead atoms. The second kappa shape index (κ2) is 9.09. The highest BCUT2D eigenvalue weighted by Crippen LogP contribution is 2.30. The van der Waals surface area contributed by atoms with Crippen LogP contribution in [0, 0.1) is 12.8 Å². The zero-order chi connectivity index (χ0) is 21.0. The van der Waals surface area contributed by atoms with E-state index in [4.69, 9.17) is 16.3 Å². The van der Waals surface area contributed by atoms with Gasteiger partial charge in [-0.1, -0.05) is 23.7 Å². The van der Waals surface area contributed by atoms with Crippen LogP contribution in [0.4, 0.5) is 5.69 Å². The molecule has 1 aliphatic carbocycles. The summed E-state index contributed by atoms with van der Waals surface area (Å²) in [6.45, 7) is 5.31. The number of benzene rings is 2. The first-order valence-electron chi connectivity index (χ1n) is 9.51. The second-order valence-corrected chi connectivity index (χ2v) is 7.62. The highest BCUT2D eigenvalue weighted by Gasteiger charge is 2.29. The minimum absolute atomic E-state index is 0.0495. The zero-order valence-corrected chi connectivity index (χ0v) is 17.4. The SMILES string of the molecule is C/C(=N\NC(=O)[C@@H](C)Oc1ccc(Cl)cc1C)c1cccc(NC(=O)C2CC2)c1. The van der Waals surface area contributed by atoms with Gasteiger partial charge in [0.15, 0.2) is 6.10 Å². The lowest BCUT2D eigenvalue weighted by molar-refractivity contribution is -0.127. The van der Waals surface area contributed by atoms with Crippen LogP contribution in [0.25, 0.3) is 0 Å². The Bertz CT molecular complexity index is 954. The fraction of sp³-hybridized carbons (Fsp3) is 0.318. The molecule has 0 unspecified atom stereocenters. The summed E-state index contributed by atoms with van der Waals surface area (Å²) in [6.07, 6.45) is 1.18. The maximum absolute atomic E-state index is 12.3. The van der Waals surface area contributed by atoms with Gasteiger partial charge in [-0.05, 0) is 75.1 Å². The maximum Gasteiger partial charge on any atom is 0.280 e. The molecule has 0 spiro atoms. The highest BCUT2D eigenvalue weighted by molar-refractivity contribution is 6.30. The fourth-order valence-corrected chi connectivity index (χ4v) is 2.92. The fourth-order valence-electron chi connectivity index (χ4n) is 2.70. The summed E-state index contributed by atoms with van der Waals surface area (Å²) in [6, 6.07) is 12.6. The molecule has 0 aromatic heterocycles. The van der Waals surface area contributed by atoms with Crippen LogP contribution in [0.3, 0.4) is 0 Å². The zero-order valence-electron chi connectivity index (χ0n) is 16.7. The number of nitrogens with one attached hydrogen (secondary N) is 2. The Labute approximate surface area is 175 Å². The molecule has 2 aromatic rings. The van der Waals surface area contributed by atoms with Gasteiger partial charge >= 0.3 is 0 Å². The van der Waals surface area contributed by atoms with E-state index in [0.717, 1.165) is 29.7 Å². The molecule has 1 saturated carbocycles. The van der Waals surface area contributed by atoms with Crippen molar-refractivity contribution >= 4 is 34.8 Å². The maximum atomic E-state index is 12.3. The average Bonchev–Trinajstić information content (AvgIpc) is 3.53. The third-order valence-electron chi connectivity index (χ3n) is 4.64. The smallest absolute Gasteiger partial charge is 0.280 e. The van der Waals surface area contributed by atoms with Gasteiger partial charge in [-0.15, -0.1) is 0 Å². The summed E-state index contributed by atoms with van der Waals surface area (Å²) in [7, 11) is 0. The van der Waals surface area contributed by atoms with E-state index in [1.165, 1.54) is 0 Å². The molecule has 29 heavy (non-hydrogen) atoms. The van der Waals surface area contributed by atoms with Gasteiger partial charge in [-0.25, -0.2) is 5.43 Å². The van der Waals surface area contributed by atoms with Crippen LogP contribution in [0.1, 0.15) is 37.8 Å². The predicted octanol–water partition coefficient (Wildman–Crippen LogP) is 4.30. The minimum Gasteiger partial charge on any atom is -0.481 e. The highest BCUT2D eigenvalue weighted by atomic mass is 35.5. The molecule has 0 aliphatic heterocycles. The van der Waals surface area contributed by atoms with Crippen molar-refractivity contribution in [2.24, 2.45) is 11.0 Å². The van der Waals surface area contributed by atoms with Crippen LogP contribution >= 0.6 is 11.6 Å². The molecule has 2 aromatic carbocycles. The molecule has 0 heterocycles. The summed E-state index contributed by atoms with van der Waals surface area (Å²) in [5.41, 5.74) is 5.53. The first kappa shape index (κ1) is 20.9. The van der Waals surface area contributed by atoms with Crippen LogP contribution in [0.15, 0.2) is 47.6 Å². The number of ether oxygens (including phenoxy) is 1. The molecule has 3 rings (SSSR count). The van der Waals surface area contributed by atoms with Crippen molar-refractivity contribution < 1.29 is 14.3 Å². The van der Waals surface area contributed by atoms with Crippen LogP contribution < -0.4 is 15.5 Å². The van der Waals surface area contributed by atoms with Gasteiger partial charge in [0.1, 0.15) is 5.75 Å². The summed E-state index contributed by atoms with van der Waals surface area (Å²) < 4.78 is 5.70. The molecular weight excluding hydrogens is 390 g/mol. The van der Waals surface area contributed by atoms with E-state index in [0.29, 0.717) is 16.5 Å². The topological polar surface area (TPSA) is 79.8 Å². The Morgan fingerprint density at radius 2 is 1.97 bits per heavy atom. The molecule has 1 fully saturated rings. The third-order valence-corrected chi connectivity index (χ3v) is 4.87. The quantitative estimate of drug-likeness (QED) is 0.524. The summed E-state index contributed by atoms with van der Waals surface area (Å²) in [5, 5.41) is 7.69. The van der Waals surface area contributed by atoms with E-state index in [9.17, 15) is 9.59 Å². The van der Waals surface area contributed by atoms with E-state index in [-0.39, 0.29) is 17.7 Å². The van der Waals surface area contributed by atoms with Gasteiger partial charge < -0.3 is 10.1 Å². The van der Waals surface area contributed by atoms with E-state index in [1.54, 1.807) is 32.0 Å². The van der Waals surface area contributed by atoms with E-state index in [1.807, 2.05) is 31.2 Å². The van der Waals surface area contributed by atoms with Crippen LogP contribution in [0.5, 0.6) is 5.75 Å². The number of nitrogens with zero attached hydrogens (tertiary/aromatic N) is 1. The Morgan fingerprint density at radius 3 is 2.66 bits per heavy atom. The molecule has 0 saturated heterocycles. The lowest BCUT2D eigenvalue weighted by Crippen LogP contribution is -2.34. The summed E-state index contributed by atoms with van der Waals surface area (Å²) in [5.74, 6) is 0.417. The Hall–Kier alpha value is -2.86. The minimum atomic E-state index is -0.726. The monoisotopic (exact) mass is 413 g/mol. The van der Waals surface area contributed by atoms with Gasteiger partial charge in [0.2, 0.25) is 5.91 Å². The number of hydrazone groups is 1. The van der Waals surface area contributed by atoms with Gasteiger partial charge in [0.05, 0.1) is 5.71 Å². The molecule has 1 aliphatic rings. The number of hydrogen-bond acceptors (Lipinski definition) is 4. The first-order chi connectivity index (χ1) is 13.8. The number of hydrogen-bond donors (Lipinski definition) is 2. The molecule has 6 nitrogen and oxygen atoms in total. The normalized spacial score (nSPS) is 14.8. The Kier molecular flexibility index (Phi) is 6.54. The van der Waals surface area contributed by atoms with Crippen molar-refractivity contribution in [1.82, 2.24) is 5.43 Å². The molecule has 7 heteroatoms. The number of amides is 2. The van der Waals surface area contributed by atoms with Gasteiger partial charge in [0.25, 0.3) is 5.91 Å². The molecule has 2 N–H and O–H groups in total. The van der Waals surface area contributed by atoms with E-state index < -0.39 is 6.10 Å². The van der Waals surface area contributed by atoms with Crippen LogP contribution in [-0.4, -0.2) is 23.6 Å². The van der Waals surface area contributed by atoms with Gasteiger partial charge in [-0.3, -0.25) is 9.59 Å². The Morgan fingerprint density at radius 1 is 1.21 bits per heavy atom. The number of anilines is 1.